The number of para-hydroxylation sites is 1. The van der Waals surface area contributed by atoms with Crippen molar-refractivity contribution in [3.63, 3.8) is 0 Å². The van der Waals surface area contributed by atoms with Crippen molar-refractivity contribution in [1.29, 1.82) is 0 Å². The van der Waals surface area contributed by atoms with Crippen LogP contribution in [0.1, 0.15) is 24.5 Å². The van der Waals surface area contributed by atoms with Crippen LogP contribution in [0.2, 0.25) is 0 Å². The van der Waals surface area contributed by atoms with Gasteiger partial charge in [0.15, 0.2) is 0 Å². The molecule has 3 N–H and O–H groups in total. The molecule has 26 heavy (non-hydrogen) atoms. The Labute approximate surface area is 154 Å². The van der Waals surface area contributed by atoms with Crippen molar-refractivity contribution in [2.24, 2.45) is 5.41 Å². The third-order valence-electron chi connectivity index (χ3n) is 4.86. The van der Waals surface area contributed by atoms with Crippen LogP contribution in [-0.4, -0.2) is 29.1 Å². The number of nitrogens with one attached hydrogen (secondary N) is 2. The van der Waals surface area contributed by atoms with E-state index < -0.39 is 0 Å². The number of aliphatic hydroxyl groups is 1. The smallest absolute Gasteiger partial charge is 0.220 e. The van der Waals surface area contributed by atoms with Crippen molar-refractivity contribution >= 4 is 16.8 Å². The number of amides is 1. The molecule has 136 valence electrons. The summed E-state index contributed by atoms with van der Waals surface area (Å²) in [6.45, 7) is 2.50. The lowest BCUT2D eigenvalue weighted by atomic mass is 9.84. The minimum Gasteiger partial charge on any atom is -0.396 e. The van der Waals surface area contributed by atoms with E-state index in [2.05, 4.69) is 16.4 Å². The number of benzene rings is 2. The van der Waals surface area contributed by atoms with Crippen molar-refractivity contribution < 1.29 is 9.90 Å². The van der Waals surface area contributed by atoms with Gasteiger partial charge in [0.2, 0.25) is 5.91 Å². The molecule has 3 rings (SSSR count). The number of hydrogen-bond acceptors (Lipinski definition) is 2. The predicted octanol–water partition coefficient (Wildman–Crippen LogP) is 3.46. The molecule has 0 aliphatic carbocycles. The second-order valence-electron chi connectivity index (χ2n) is 7.27. The topological polar surface area (TPSA) is 65.1 Å². The number of carbonyl (C=O) groups is 1. The number of hydrogen-bond donors (Lipinski definition) is 3. The van der Waals surface area contributed by atoms with Crippen molar-refractivity contribution in [2.75, 3.05) is 13.2 Å². The summed E-state index contributed by atoms with van der Waals surface area (Å²) in [5, 5.41) is 14.0. The van der Waals surface area contributed by atoms with E-state index in [1.807, 2.05) is 61.7 Å². The molecule has 0 fully saturated rings. The van der Waals surface area contributed by atoms with Gasteiger partial charge in [0.05, 0.1) is 6.61 Å². The predicted molar refractivity (Wildman–Crippen MR) is 105 cm³/mol. The zero-order chi connectivity index (χ0) is 18.4. The molecule has 0 aliphatic heterocycles. The van der Waals surface area contributed by atoms with Crippen LogP contribution in [0.3, 0.4) is 0 Å². The molecule has 0 saturated carbocycles. The SMILES string of the molecule is C[C@@](CO)(CNC(=O)CCc1c[nH]c2ccccc12)Cc1ccccc1. The molecule has 1 aromatic heterocycles. The van der Waals surface area contributed by atoms with E-state index in [0.717, 1.165) is 23.1 Å². The lowest BCUT2D eigenvalue weighted by Gasteiger charge is -2.27. The molecule has 3 aromatic rings. The number of aryl methyl sites for hydroxylation is 1. The fraction of sp³-hybridized carbons (Fsp3) is 0.318. The second kappa shape index (κ2) is 8.19. The molecule has 0 aliphatic rings. The Morgan fingerprint density at radius 3 is 2.62 bits per heavy atom. The van der Waals surface area contributed by atoms with Gasteiger partial charge in [-0.15, -0.1) is 0 Å². The van der Waals surface area contributed by atoms with Crippen molar-refractivity contribution in [3.05, 3.63) is 71.9 Å². The van der Waals surface area contributed by atoms with Gasteiger partial charge < -0.3 is 15.4 Å². The maximum Gasteiger partial charge on any atom is 0.220 e. The van der Waals surface area contributed by atoms with E-state index >= 15 is 0 Å². The Hall–Kier alpha value is -2.59. The third-order valence-corrected chi connectivity index (χ3v) is 4.86. The molecule has 2 aromatic carbocycles. The Kier molecular flexibility index (Phi) is 5.74. The highest BCUT2D eigenvalue weighted by Crippen LogP contribution is 2.22. The molecule has 0 unspecified atom stereocenters. The van der Waals surface area contributed by atoms with Crippen LogP contribution in [0.5, 0.6) is 0 Å². The first kappa shape index (κ1) is 18.2. The first-order chi connectivity index (χ1) is 12.6. The number of aromatic amines is 1. The number of H-pyrrole nitrogens is 1. The van der Waals surface area contributed by atoms with Gasteiger partial charge in [0.1, 0.15) is 0 Å². The summed E-state index contributed by atoms with van der Waals surface area (Å²) in [6.07, 6.45) is 3.84. The van der Waals surface area contributed by atoms with Gasteiger partial charge in [0.25, 0.3) is 0 Å². The fourth-order valence-corrected chi connectivity index (χ4v) is 3.25. The molecule has 0 bridgehead atoms. The summed E-state index contributed by atoms with van der Waals surface area (Å²) in [5.74, 6) is 0.0167. The molecule has 0 saturated heterocycles. The zero-order valence-electron chi connectivity index (χ0n) is 15.2. The monoisotopic (exact) mass is 350 g/mol. The van der Waals surface area contributed by atoms with Gasteiger partial charge in [-0.25, -0.2) is 0 Å². The van der Waals surface area contributed by atoms with Crippen LogP contribution < -0.4 is 5.32 Å². The van der Waals surface area contributed by atoms with Crippen LogP contribution in [0, 0.1) is 5.41 Å². The molecule has 1 heterocycles. The van der Waals surface area contributed by atoms with E-state index in [1.54, 1.807) is 0 Å². The Morgan fingerprint density at radius 1 is 1.12 bits per heavy atom. The normalized spacial score (nSPS) is 13.5. The molecule has 0 spiro atoms. The fourth-order valence-electron chi connectivity index (χ4n) is 3.25. The molecule has 4 nitrogen and oxygen atoms in total. The van der Waals surface area contributed by atoms with E-state index in [1.165, 1.54) is 5.39 Å². The molecule has 1 atom stereocenters. The quantitative estimate of drug-likeness (QED) is 0.582. The Bertz CT molecular complexity index is 857. The van der Waals surface area contributed by atoms with Gasteiger partial charge in [-0.3, -0.25) is 4.79 Å². The van der Waals surface area contributed by atoms with Gasteiger partial charge in [-0.1, -0.05) is 55.5 Å². The zero-order valence-corrected chi connectivity index (χ0v) is 15.2. The average Bonchev–Trinajstić information content (AvgIpc) is 3.09. The van der Waals surface area contributed by atoms with E-state index in [4.69, 9.17) is 0 Å². The number of aromatic nitrogens is 1. The van der Waals surface area contributed by atoms with Gasteiger partial charge in [-0.2, -0.15) is 0 Å². The Morgan fingerprint density at radius 2 is 1.85 bits per heavy atom. The minimum absolute atomic E-state index is 0.0167. The van der Waals surface area contributed by atoms with Crippen LogP contribution in [0.25, 0.3) is 10.9 Å². The summed E-state index contributed by atoms with van der Waals surface area (Å²) in [6, 6.07) is 18.2. The highest BCUT2D eigenvalue weighted by molar-refractivity contribution is 5.84. The van der Waals surface area contributed by atoms with E-state index in [0.29, 0.717) is 19.4 Å². The van der Waals surface area contributed by atoms with Gasteiger partial charge >= 0.3 is 0 Å². The second-order valence-corrected chi connectivity index (χ2v) is 7.27. The number of rotatable bonds is 8. The summed E-state index contributed by atoms with van der Waals surface area (Å²) in [4.78, 5) is 15.5. The van der Waals surface area contributed by atoms with Gasteiger partial charge in [0, 0.05) is 35.5 Å². The molecular formula is C22H26N2O2. The van der Waals surface area contributed by atoms with Crippen molar-refractivity contribution in [2.45, 2.75) is 26.2 Å². The number of carbonyl (C=O) groups excluding carboxylic acids is 1. The average molecular weight is 350 g/mol. The van der Waals surface area contributed by atoms with Crippen LogP contribution in [0.4, 0.5) is 0 Å². The summed E-state index contributed by atoms with van der Waals surface area (Å²) in [5.41, 5.74) is 3.05. The summed E-state index contributed by atoms with van der Waals surface area (Å²) >= 11 is 0. The Balaban J connectivity index is 1.52. The third kappa shape index (κ3) is 4.52. The largest absolute Gasteiger partial charge is 0.396 e. The first-order valence-electron chi connectivity index (χ1n) is 9.06. The lowest BCUT2D eigenvalue weighted by Crippen LogP contribution is -2.39. The summed E-state index contributed by atoms with van der Waals surface area (Å²) in [7, 11) is 0. The molecule has 4 heteroatoms. The standard InChI is InChI=1S/C22H26N2O2/c1-22(16-25,13-17-7-3-2-4-8-17)15-24-21(26)12-11-18-14-23-20-10-6-5-9-19(18)20/h2-10,14,23,25H,11-13,15-16H2,1H3,(H,24,26)/t22-/m0/s1. The highest BCUT2D eigenvalue weighted by atomic mass is 16.3. The summed E-state index contributed by atoms with van der Waals surface area (Å²) < 4.78 is 0. The van der Waals surface area contributed by atoms with E-state index in [9.17, 15) is 9.90 Å². The number of fused-ring (bicyclic) bond motifs is 1. The lowest BCUT2D eigenvalue weighted by molar-refractivity contribution is -0.121. The number of aliphatic hydroxyl groups excluding tert-OH is 1. The molecular weight excluding hydrogens is 324 g/mol. The van der Waals surface area contributed by atoms with Crippen molar-refractivity contribution in [1.82, 2.24) is 10.3 Å². The van der Waals surface area contributed by atoms with Crippen molar-refractivity contribution in [3.8, 4) is 0 Å². The van der Waals surface area contributed by atoms with E-state index in [-0.39, 0.29) is 17.9 Å². The first-order valence-corrected chi connectivity index (χ1v) is 9.06. The maximum atomic E-state index is 12.3. The highest BCUT2D eigenvalue weighted by Gasteiger charge is 2.24. The molecule has 0 radical (unpaired) electrons. The van der Waals surface area contributed by atoms with Crippen LogP contribution in [0.15, 0.2) is 60.8 Å². The van der Waals surface area contributed by atoms with Gasteiger partial charge in [-0.05, 0) is 30.0 Å². The molecule has 1 amide bonds. The van der Waals surface area contributed by atoms with Crippen LogP contribution in [-0.2, 0) is 17.6 Å². The minimum atomic E-state index is -0.363. The maximum absolute atomic E-state index is 12.3. The van der Waals surface area contributed by atoms with Crippen LogP contribution >= 0.6 is 0 Å².